The Kier molecular flexibility index (Phi) is 5.49. The van der Waals surface area contributed by atoms with Crippen LogP contribution in [0.1, 0.15) is 6.92 Å². The maximum atomic E-state index is 11.4. The number of fused-ring (bicyclic) bond motifs is 1. The molecule has 0 aliphatic rings. The molecule has 0 bridgehead atoms. The number of carbonyl (C=O) groups excluding carboxylic acids is 1. The van der Waals surface area contributed by atoms with Gasteiger partial charge >= 0.3 is 5.97 Å². The van der Waals surface area contributed by atoms with E-state index in [1.165, 1.54) is 7.11 Å². The zero-order valence-electron chi connectivity index (χ0n) is 14.0. The molecule has 0 aliphatic heterocycles. The number of ether oxygens (including phenoxy) is 3. The molecule has 1 aromatic heterocycles. The van der Waals surface area contributed by atoms with Gasteiger partial charge in [-0.25, -0.2) is 9.78 Å². The standard InChI is InChI=1S/C19H15Cl2NO4/c1-11(19(23)24-2)25-14-4-6-15(7-5-14)26-17-8-3-12-9-13(20)10-16(21)18(12)22-17/h3-11H,1-2H3. The van der Waals surface area contributed by atoms with Crippen molar-refractivity contribution in [3.05, 3.63) is 58.6 Å². The van der Waals surface area contributed by atoms with Gasteiger partial charge in [-0.05, 0) is 49.4 Å². The average molecular weight is 392 g/mol. The van der Waals surface area contributed by atoms with Crippen LogP contribution in [0.4, 0.5) is 0 Å². The Hall–Kier alpha value is -2.50. The molecule has 3 rings (SSSR count). The number of rotatable bonds is 5. The van der Waals surface area contributed by atoms with Gasteiger partial charge in [0.1, 0.15) is 11.5 Å². The van der Waals surface area contributed by atoms with Crippen LogP contribution in [0, 0.1) is 0 Å². The van der Waals surface area contributed by atoms with E-state index in [4.69, 9.17) is 32.7 Å². The lowest BCUT2D eigenvalue weighted by Gasteiger charge is -2.13. The van der Waals surface area contributed by atoms with Gasteiger partial charge in [0.05, 0.1) is 17.6 Å². The van der Waals surface area contributed by atoms with Gasteiger partial charge in [-0.15, -0.1) is 0 Å². The Morgan fingerprint density at radius 2 is 1.73 bits per heavy atom. The summed E-state index contributed by atoms with van der Waals surface area (Å²) in [5.74, 6) is 1.06. The average Bonchev–Trinajstić information content (AvgIpc) is 2.63. The van der Waals surface area contributed by atoms with Crippen LogP contribution < -0.4 is 9.47 Å². The van der Waals surface area contributed by atoms with E-state index in [0.717, 1.165) is 5.39 Å². The van der Waals surface area contributed by atoms with Crippen LogP contribution in [-0.2, 0) is 9.53 Å². The first kappa shape index (κ1) is 18.3. The molecular formula is C19H15Cl2NO4. The highest BCUT2D eigenvalue weighted by Crippen LogP contribution is 2.30. The zero-order chi connectivity index (χ0) is 18.7. The zero-order valence-corrected chi connectivity index (χ0v) is 15.5. The monoisotopic (exact) mass is 391 g/mol. The van der Waals surface area contributed by atoms with Crippen LogP contribution in [-0.4, -0.2) is 24.2 Å². The predicted octanol–water partition coefficient (Wildman–Crippen LogP) is 5.27. The van der Waals surface area contributed by atoms with Crippen molar-refractivity contribution in [2.24, 2.45) is 0 Å². The summed E-state index contributed by atoms with van der Waals surface area (Å²) in [6.07, 6.45) is -0.692. The van der Waals surface area contributed by atoms with Crippen molar-refractivity contribution in [2.45, 2.75) is 13.0 Å². The van der Waals surface area contributed by atoms with Crippen LogP contribution in [0.5, 0.6) is 17.4 Å². The normalized spacial score (nSPS) is 11.8. The molecule has 0 amide bonds. The van der Waals surface area contributed by atoms with E-state index in [0.29, 0.717) is 32.9 Å². The summed E-state index contributed by atoms with van der Waals surface area (Å²) in [6.45, 7) is 1.62. The first-order valence-corrected chi connectivity index (χ1v) is 8.50. The molecule has 7 heteroatoms. The minimum Gasteiger partial charge on any atom is -0.479 e. The van der Waals surface area contributed by atoms with E-state index >= 15 is 0 Å². The summed E-state index contributed by atoms with van der Waals surface area (Å²) in [5.41, 5.74) is 0.612. The minimum atomic E-state index is -0.692. The van der Waals surface area contributed by atoms with Crippen molar-refractivity contribution < 1.29 is 19.0 Å². The van der Waals surface area contributed by atoms with E-state index in [9.17, 15) is 4.79 Å². The topological polar surface area (TPSA) is 57.7 Å². The Balaban J connectivity index is 1.75. The number of pyridine rings is 1. The van der Waals surface area contributed by atoms with Gasteiger partial charge in [0.15, 0.2) is 6.10 Å². The number of methoxy groups -OCH3 is 1. The maximum Gasteiger partial charge on any atom is 0.346 e. The van der Waals surface area contributed by atoms with Gasteiger partial charge in [0, 0.05) is 16.5 Å². The van der Waals surface area contributed by atoms with E-state index in [-0.39, 0.29) is 0 Å². The van der Waals surface area contributed by atoms with Crippen molar-refractivity contribution in [1.82, 2.24) is 4.98 Å². The molecule has 0 saturated carbocycles. The first-order valence-electron chi connectivity index (χ1n) is 7.74. The second kappa shape index (κ2) is 7.81. The molecule has 1 heterocycles. The lowest BCUT2D eigenvalue weighted by molar-refractivity contribution is -0.147. The summed E-state index contributed by atoms with van der Waals surface area (Å²) in [7, 11) is 1.32. The number of hydrogen-bond acceptors (Lipinski definition) is 5. The molecule has 2 aromatic carbocycles. The fourth-order valence-corrected chi connectivity index (χ4v) is 2.87. The number of carbonyl (C=O) groups is 1. The van der Waals surface area contributed by atoms with Gasteiger partial charge in [-0.2, -0.15) is 0 Å². The van der Waals surface area contributed by atoms with E-state index in [1.807, 2.05) is 6.07 Å². The summed E-state index contributed by atoms with van der Waals surface area (Å²) in [5, 5.41) is 1.84. The molecule has 0 aliphatic carbocycles. The molecular weight excluding hydrogens is 377 g/mol. The quantitative estimate of drug-likeness (QED) is 0.554. The van der Waals surface area contributed by atoms with Crippen LogP contribution >= 0.6 is 23.2 Å². The first-order chi connectivity index (χ1) is 12.5. The number of aromatic nitrogens is 1. The van der Waals surface area contributed by atoms with Crippen molar-refractivity contribution in [2.75, 3.05) is 7.11 Å². The van der Waals surface area contributed by atoms with Crippen LogP contribution in [0.25, 0.3) is 10.9 Å². The number of nitrogens with zero attached hydrogens (tertiary/aromatic N) is 1. The lowest BCUT2D eigenvalue weighted by atomic mass is 10.2. The highest BCUT2D eigenvalue weighted by molar-refractivity contribution is 6.38. The molecule has 1 atom stereocenters. The fraction of sp³-hybridized carbons (Fsp3) is 0.158. The molecule has 3 aromatic rings. The molecule has 26 heavy (non-hydrogen) atoms. The maximum absolute atomic E-state index is 11.4. The highest BCUT2D eigenvalue weighted by atomic mass is 35.5. The molecule has 0 radical (unpaired) electrons. The van der Waals surface area contributed by atoms with Gasteiger partial charge in [-0.3, -0.25) is 0 Å². The Morgan fingerprint density at radius 1 is 1.04 bits per heavy atom. The second-order valence-corrected chi connectivity index (χ2v) is 6.31. The predicted molar refractivity (Wildman–Crippen MR) is 100 cm³/mol. The van der Waals surface area contributed by atoms with Gasteiger partial charge in [0.2, 0.25) is 5.88 Å². The van der Waals surface area contributed by atoms with E-state index in [2.05, 4.69) is 9.72 Å². The van der Waals surface area contributed by atoms with Crippen molar-refractivity contribution >= 4 is 40.1 Å². The molecule has 0 fully saturated rings. The summed E-state index contributed by atoms with van der Waals surface area (Å²) < 4.78 is 15.9. The third kappa shape index (κ3) is 4.18. The van der Waals surface area contributed by atoms with Crippen molar-refractivity contribution in [1.29, 1.82) is 0 Å². The SMILES string of the molecule is COC(=O)C(C)Oc1ccc(Oc2ccc3cc(Cl)cc(Cl)c3n2)cc1. The summed E-state index contributed by atoms with van der Waals surface area (Å²) >= 11 is 12.2. The third-order valence-corrected chi connectivity index (χ3v) is 4.08. The van der Waals surface area contributed by atoms with E-state index < -0.39 is 12.1 Å². The molecule has 0 N–H and O–H groups in total. The molecule has 1 unspecified atom stereocenters. The van der Waals surface area contributed by atoms with Crippen molar-refractivity contribution in [3.63, 3.8) is 0 Å². The summed E-state index contributed by atoms with van der Waals surface area (Å²) in [4.78, 5) is 15.8. The Morgan fingerprint density at radius 3 is 2.42 bits per heavy atom. The fourth-order valence-electron chi connectivity index (χ4n) is 2.32. The van der Waals surface area contributed by atoms with Crippen LogP contribution in [0.3, 0.4) is 0 Å². The second-order valence-electron chi connectivity index (χ2n) is 5.47. The highest BCUT2D eigenvalue weighted by Gasteiger charge is 2.14. The third-order valence-electron chi connectivity index (χ3n) is 3.58. The number of halogens is 2. The molecule has 5 nitrogen and oxygen atoms in total. The van der Waals surface area contributed by atoms with Crippen molar-refractivity contribution in [3.8, 4) is 17.4 Å². The van der Waals surface area contributed by atoms with E-state index in [1.54, 1.807) is 49.4 Å². The number of benzene rings is 2. The Labute approximate surface area is 160 Å². The minimum absolute atomic E-state index is 0.401. The molecule has 134 valence electrons. The molecule has 0 spiro atoms. The van der Waals surface area contributed by atoms with Crippen LogP contribution in [0.15, 0.2) is 48.5 Å². The molecule has 0 saturated heterocycles. The number of hydrogen-bond donors (Lipinski definition) is 0. The van der Waals surface area contributed by atoms with Crippen LogP contribution in [0.2, 0.25) is 10.0 Å². The van der Waals surface area contributed by atoms with Gasteiger partial charge in [-0.1, -0.05) is 23.2 Å². The lowest BCUT2D eigenvalue weighted by Crippen LogP contribution is -2.24. The summed E-state index contributed by atoms with van der Waals surface area (Å²) in [6, 6.07) is 13.8. The van der Waals surface area contributed by atoms with Gasteiger partial charge < -0.3 is 14.2 Å². The largest absolute Gasteiger partial charge is 0.479 e. The van der Waals surface area contributed by atoms with Gasteiger partial charge in [0.25, 0.3) is 0 Å². The number of esters is 1. The Bertz CT molecular complexity index is 944. The smallest absolute Gasteiger partial charge is 0.346 e.